The Labute approximate surface area is 353 Å². The smallest absolute Gasteiger partial charge is 0.128 e. The van der Waals surface area contributed by atoms with Crippen LogP contribution in [0.1, 0.15) is 113 Å². The van der Waals surface area contributed by atoms with Crippen LogP contribution in [0, 0.1) is 24.1 Å². The normalized spacial score (nSPS) is 20.8. The van der Waals surface area contributed by atoms with Gasteiger partial charge in [-0.05, 0) is 112 Å². The Morgan fingerprint density at radius 3 is 2.53 bits per heavy atom. The standard InChI is InChI=1S/C52H65FN6/c1-11-14-15-16-17-18-19-45(56-33(5)12-2)36(8)55-30-34(6)54-27-26-52(24-25-52)38(10)57-46-23-22-40-35(7)44(53)29-47-49(40)50(46)43-31-59-37(9)41-21-20-32(4)39(13-3)42(41)28-48(59)51(43)58-47/h11,14-18,28-29,39,45-46,54-57H,4-6,8-10,12-13,19-27,30-31H2,1-3,7H3/b14-11-,16-15-,18-17+. The van der Waals surface area contributed by atoms with Crippen LogP contribution >= 0.6 is 0 Å². The molecule has 1 fully saturated rings. The lowest BCUT2D eigenvalue weighted by Gasteiger charge is -2.37. The van der Waals surface area contributed by atoms with E-state index < -0.39 is 0 Å². The number of allylic oxidation sites excluding steroid dienone is 11. The summed E-state index contributed by atoms with van der Waals surface area (Å²) in [6.07, 6.45) is 24.1. The molecule has 310 valence electrons. The molecule has 6 nitrogen and oxygen atoms in total. The van der Waals surface area contributed by atoms with Gasteiger partial charge in [-0.15, -0.1) is 0 Å². The summed E-state index contributed by atoms with van der Waals surface area (Å²) in [4.78, 5) is 7.63. The summed E-state index contributed by atoms with van der Waals surface area (Å²) in [6.45, 7) is 37.0. The Hall–Kier alpha value is -5.30. The molecule has 0 radical (unpaired) electrons. The highest BCUT2D eigenvalue weighted by molar-refractivity contribution is 5.93. The zero-order valence-corrected chi connectivity index (χ0v) is 36.1. The number of benzene rings is 1. The Morgan fingerprint density at radius 1 is 1.02 bits per heavy atom. The number of rotatable bonds is 19. The molecule has 2 aromatic rings. The topological polar surface area (TPSA) is 64.2 Å². The first-order valence-electron chi connectivity index (χ1n) is 21.8. The molecule has 3 unspecified atom stereocenters. The molecule has 0 saturated heterocycles. The number of hydrogen-bond acceptors (Lipinski definition) is 6. The van der Waals surface area contributed by atoms with Crippen molar-refractivity contribution in [3.8, 4) is 0 Å². The van der Waals surface area contributed by atoms with Crippen molar-refractivity contribution < 1.29 is 4.39 Å². The first-order chi connectivity index (χ1) is 28.4. The molecule has 2 aliphatic heterocycles. The van der Waals surface area contributed by atoms with E-state index in [1.807, 2.05) is 38.2 Å². The maximum absolute atomic E-state index is 15.5. The lowest BCUT2D eigenvalue weighted by Crippen LogP contribution is -2.37. The summed E-state index contributed by atoms with van der Waals surface area (Å²) in [5.74, 6) is 0.146. The molecule has 5 aliphatic rings. The molecule has 7 heteroatoms. The highest BCUT2D eigenvalue weighted by Crippen LogP contribution is 2.55. The maximum atomic E-state index is 15.5. The van der Waals surface area contributed by atoms with E-state index in [1.54, 1.807) is 6.07 Å². The zero-order chi connectivity index (χ0) is 42.0. The van der Waals surface area contributed by atoms with E-state index in [9.17, 15) is 0 Å². The molecule has 3 aliphatic carbocycles. The largest absolute Gasteiger partial charge is 0.387 e. The quantitative estimate of drug-likeness (QED) is 0.0839. The van der Waals surface area contributed by atoms with E-state index in [0.29, 0.717) is 12.5 Å². The number of hydrogen-bond donors (Lipinski definition) is 4. The van der Waals surface area contributed by atoms with E-state index in [2.05, 4.69) is 91.1 Å². The van der Waals surface area contributed by atoms with Gasteiger partial charge in [0, 0.05) is 63.4 Å². The van der Waals surface area contributed by atoms with Crippen molar-refractivity contribution in [2.24, 2.45) is 11.3 Å². The third-order valence-electron chi connectivity index (χ3n) is 13.5. The summed E-state index contributed by atoms with van der Waals surface area (Å²) in [5, 5.41) is 15.7. The molecule has 7 rings (SSSR count). The van der Waals surface area contributed by atoms with Gasteiger partial charge in [0.05, 0.1) is 42.1 Å². The summed E-state index contributed by atoms with van der Waals surface area (Å²) < 4.78 is 15.5. The van der Waals surface area contributed by atoms with Gasteiger partial charge in [0.15, 0.2) is 0 Å². The Kier molecular flexibility index (Phi) is 12.4. The van der Waals surface area contributed by atoms with E-state index in [-0.39, 0.29) is 23.3 Å². The molecule has 1 aromatic carbocycles. The number of halogens is 1. The van der Waals surface area contributed by atoms with Gasteiger partial charge in [0.2, 0.25) is 0 Å². The summed E-state index contributed by atoms with van der Waals surface area (Å²) in [6, 6.07) is 1.74. The van der Waals surface area contributed by atoms with E-state index in [0.717, 1.165) is 139 Å². The first kappa shape index (κ1) is 41.8. The van der Waals surface area contributed by atoms with E-state index in [1.165, 1.54) is 27.8 Å². The molecule has 1 saturated carbocycles. The average Bonchev–Trinajstić information content (AvgIpc) is 3.93. The van der Waals surface area contributed by atoms with Gasteiger partial charge in [0.1, 0.15) is 5.82 Å². The second-order valence-electron chi connectivity index (χ2n) is 17.2. The highest BCUT2D eigenvalue weighted by atomic mass is 19.1. The van der Waals surface area contributed by atoms with Crippen LogP contribution in [0.3, 0.4) is 0 Å². The van der Waals surface area contributed by atoms with Crippen LogP contribution in [0.2, 0.25) is 0 Å². The minimum absolute atomic E-state index is 0.0240. The fourth-order valence-electron chi connectivity index (χ4n) is 9.67. The van der Waals surface area contributed by atoms with Gasteiger partial charge < -0.3 is 26.2 Å². The summed E-state index contributed by atoms with van der Waals surface area (Å²) in [5.41, 5.74) is 16.2. The van der Waals surface area contributed by atoms with Crippen molar-refractivity contribution in [2.75, 3.05) is 13.1 Å². The third kappa shape index (κ3) is 8.31. The molecular weight excluding hydrogens is 728 g/mol. The van der Waals surface area contributed by atoms with Crippen molar-refractivity contribution >= 4 is 16.6 Å². The minimum atomic E-state index is -0.177. The minimum Gasteiger partial charge on any atom is -0.387 e. The van der Waals surface area contributed by atoms with Gasteiger partial charge in [-0.25, -0.2) is 9.37 Å². The molecule has 0 bridgehead atoms. The van der Waals surface area contributed by atoms with Gasteiger partial charge >= 0.3 is 0 Å². The molecule has 4 N–H and O–H groups in total. The molecule has 59 heavy (non-hydrogen) atoms. The Bertz CT molecular complexity index is 2260. The maximum Gasteiger partial charge on any atom is 0.128 e. The van der Waals surface area contributed by atoms with Gasteiger partial charge in [-0.3, -0.25) is 0 Å². The van der Waals surface area contributed by atoms with Crippen LogP contribution in [0.4, 0.5) is 4.39 Å². The number of aromatic nitrogens is 1. The lowest BCUT2D eigenvalue weighted by molar-refractivity contribution is 0.440. The first-order valence-corrected chi connectivity index (χ1v) is 21.8. The van der Waals surface area contributed by atoms with Crippen LogP contribution in [-0.2, 0) is 13.0 Å². The number of aryl methyl sites for hydroxylation is 1. The average molecular weight is 793 g/mol. The Morgan fingerprint density at radius 2 is 1.80 bits per heavy atom. The SMILES string of the molecule is C=C(CNC(=C)C(C/C=C/C=C\C=C/C)NC(=C)CC)NCCC1(C(=C)NC2CCc3c(C)c(F)cc4nc5c(c2c34)CN2C(=C)C3=C(C=C52)C(CC)C(=C)CC3)CC1. The van der Waals surface area contributed by atoms with Crippen LogP contribution in [0.15, 0.2) is 133 Å². The van der Waals surface area contributed by atoms with E-state index >= 15 is 4.39 Å². The second-order valence-corrected chi connectivity index (χ2v) is 17.2. The monoisotopic (exact) mass is 793 g/mol. The molecule has 3 atom stereocenters. The van der Waals surface area contributed by atoms with Crippen molar-refractivity contribution in [1.82, 2.24) is 31.2 Å². The van der Waals surface area contributed by atoms with Crippen LogP contribution in [0.25, 0.3) is 16.6 Å². The molecule has 0 amide bonds. The summed E-state index contributed by atoms with van der Waals surface area (Å²) >= 11 is 0. The van der Waals surface area contributed by atoms with Crippen LogP contribution < -0.4 is 21.3 Å². The van der Waals surface area contributed by atoms with E-state index in [4.69, 9.17) is 11.6 Å². The molecule has 3 heterocycles. The number of fused-ring (bicyclic) bond motifs is 4. The number of nitrogens with one attached hydrogen (secondary N) is 4. The van der Waals surface area contributed by atoms with Gasteiger partial charge in [0.25, 0.3) is 0 Å². The molecular formula is C52H65FN6. The summed E-state index contributed by atoms with van der Waals surface area (Å²) in [7, 11) is 0. The van der Waals surface area contributed by atoms with Gasteiger partial charge in [-0.2, -0.15) is 0 Å². The van der Waals surface area contributed by atoms with Gasteiger partial charge in [-0.1, -0.05) is 95.4 Å². The van der Waals surface area contributed by atoms with Crippen molar-refractivity contribution in [3.05, 3.63) is 167 Å². The fraction of sp³-hybridized carbons (Fsp3) is 0.404. The number of pyridine rings is 1. The highest BCUT2D eigenvalue weighted by Gasteiger charge is 2.46. The van der Waals surface area contributed by atoms with Crippen LogP contribution in [-0.4, -0.2) is 29.0 Å². The fourth-order valence-corrected chi connectivity index (χ4v) is 9.67. The third-order valence-corrected chi connectivity index (χ3v) is 13.5. The van der Waals surface area contributed by atoms with Crippen LogP contribution in [0.5, 0.6) is 0 Å². The second kappa shape index (κ2) is 17.5. The Balaban J connectivity index is 1.03. The number of nitrogens with zero attached hydrogens (tertiary/aromatic N) is 2. The van der Waals surface area contributed by atoms with Crippen molar-refractivity contribution in [1.29, 1.82) is 0 Å². The lowest BCUT2D eigenvalue weighted by atomic mass is 9.75. The van der Waals surface area contributed by atoms with Crippen molar-refractivity contribution in [2.45, 2.75) is 111 Å². The predicted octanol–water partition coefficient (Wildman–Crippen LogP) is 11.5. The predicted molar refractivity (Wildman–Crippen MR) is 246 cm³/mol. The molecule has 1 aromatic heterocycles. The zero-order valence-electron chi connectivity index (χ0n) is 36.1. The molecule has 0 spiro atoms. The van der Waals surface area contributed by atoms with Crippen molar-refractivity contribution in [3.63, 3.8) is 0 Å².